The van der Waals surface area contributed by atoms with Gasteiger partial charge in [0.25, 0.3) is 0 Å². The van der Waals surface area contributed by atoms with Crippen molar-refractivity contribution in [3.8, 4) is 0 Å². The number of hydrogen-bond donors (Lipinski definition) is 4. The Labute approximate surface area is 232 Å². The molecule has 0 spiro atoms. The molecule has 212 valence electrons. The first-order chi connectivity index (χ1) is 18.0. The number of nitrogens with zero attached hydrogens (tertiary/aromatic N) is 3. The lowest BCUT2D eigenvalue weighted by Gasteiger charge is -2.28. The Kier molecular flexibility index (Phi) is 12.9. The van der Waals surface area contributed by atoms with Crippen LogP contribution in [0.4, 0.5) is 9.59 Å². The maximum absolute atomic E-state index is 12.8. The minimum Gasteiger partial charge on any atom is -0.444 e. The lowest BCUT2D eigenvalue weighted by Crippen LogP contribution is -2.52. The Morgan fingerprint density at radius 1 is 1.11 bits per heavy atom. The fraction of sp³-hybridized carbons (Fsp3) is 0.640. The van der Waals surface area contributed by atoms with Gasteiger partial charge in [0, 0.05) is 30.6 Å². The molecule has 0 aliphatic rings. The molecule has 11 nitrogen and oxygen atoms in total. The minimum atomic E-state index is -0.897. The standard InChI is InChI=1S/C25H40N6O5S2/c1-7-17(9-21(32)20(8-2)30-25(35)36-12-19-10-26-14-38-19)28-22(33)16(5)27-24(34)31(6)11-18-13-37-23(29-18)15(3)4/h10,13-17,20-21,32H,7-9,11-12H2,1-6H3,(H,27,34)(H,28,33)(H,30,35). The lowest BCUT2D eigenvalue weighted by molar-refractivity contribution is -0.123. The number of ether oxygens (including phenoxy) is 1. The van der Waals surface area contributed by atoms with E-state index in [9.17, 15) is 19.5 Å². The first-order valence-electron chi connectivity index (χ1n) is 12.8. The van der Waals surface area contributed by atoms with Crippen LogP contribution in [-0.4, -0.2) is 69.3 Å². The van der Waals surface area contributed by atoms with E-state index in [1.807, 2.05) is 19.2 Å². The van der Waals surface area contributed by atoms with Crippen LogP contribution >= 0.6 is 22.7 Å². The van der Waals surface area contributed by atoms with Crippen LogP contribution in [0.2, 0.25) is 0 Å². The van der Waals surface area contributed by atoms with Crippen molar-refractivity contribution < 1.29 is 24.2 Å². The Morgan fingerprint density at radius 3 is 2.42 bits per heavy atom. The molecule has 0 radical (unpaired) electrons. The van der Waals surface area contributed by atoms with Crippen LogP contribution in [-0.2, 0) is 22.7 Å². The van der Waals surface area contributed by atoms with Crippen molar-refractivity contribution in [1.29, 1.82) is 0 Å². The van der Waals surface area contributed by atoms with E-state index in [2.05, 4.69) is 39.8 Å². The largest absolute Gasteiger partial charge is 0.444 e. The zero-order valence-electron chi connectivity index (χ0n) is 22.9. The second-order valence-corrected chi connectivity index (χ2v) is 11.3. The minimum absolute atomic E-state index is 0.109. The van der Waals surface area contributed by atoms with E-state index in [4.69, 9.17) is 4.74 Å². The third kappa shape index (κ3) is 10.2. The van der Waals surface area contributed by atoms with Crippen LogP contribution in [0.1, 0.15) is 75.4 Å². The van der Waals surface area contributed by atoms with E-state index in [-0.39, 0.29) is 31.0 Å². The molecule has 13 heteroatoms. The number of aliphatic hydroxyl groups excluding tert-OH is 1. The van der Waals surface area contributed by atoms with Gasteiger partial charge in [-0.3, -0.25) is 9.78 Å². The number of carbonyl (C=O) groups is 3. The number of aliphatic hydroxyl groups is 1. The van der Waals surface area contributed by atoms with Gasteiger partial charge in [0.1, 0.15) is 12.6 Å². The molecule has 2 aromatic heterocycles. The fourth-order valence-electron chi connectivity index (χ4n) is 3.56. The van der Waals surface area contributed by atoms with E-state index >= 15 is 0 Å². The zero-order chi connectivity index (χ0) is 28.2. The SMILES string of the molecule is CCC(CC(O)C(CC)NC(=O)OCc1cncs1)NC(=O)C(C)NC(=O)N(C)Cc1csc(C(C)C)n1. The molecule has 4 atom stereocenters. The van der Waals surface area contributed by atoms with Crippen LogP contribution in [0.5, 0.6) is 0 Å². The smallest absolute Gasteiger partial charge is 0.407 e. The molecule has 38 heavy (non-hydrogen) atoms. The lowest BCUT2D eigenvalue weighted by atomic mass is 9.99. The zero-order valence-corrected chi connectivity index (χ0v) is 24.5. The molecule has 0 aliphatic heterocycles. The molecule has 2 heterocycles. The van der Waals surface area contributed by atoms with E-state index in [0.717, 1.165) is 15.6 Å². The van der Waals surface area contributed by atoms with E-state index < -0.39 is 24.3 Å². The van der Waals surface area contributed by atoms with Crippen LogP contribution in [0, 0.1) is 0 Å². The summed E-state index contributed by atoms with van der Waals surface area (Å²) in [5.41, 5.74) is 2.46. The summed E-state index contributed by atoms with van der Waals surface area (Å²) in [5.74, 6) is -0.0282. The highest BCUT2D eigenvalue weighted by molar-refractivity contribution is 7.09. The molecule has 2 rings (SSSR count). The number of urea groups is 1. The maximum atomic E-state index is 12.8. The fourth-order valence-corrected chi connectivity index (χ4v) is 4.89. The quantitative estimate of drug-likeness (QED) is 0.272. The number of amides is 4. The second-order valence-electron chi connectivity index (χ2n) is 9.48. The summed E-state index contributed by atoms with van der Waals surface area (Å²) in [6.45, 7) is 9.94. The van der Waals surface area contributed by atoms with Crippen molar-refractivity contribution >= 4 is 40.7 Å². The number of rotatable bonds is 14. The Hall–Kier alpha value is -2.77. The average molecular weight is 569 g/mol. The van der Waals surface area contributed by atoms with E-state index in [1.54, 1.807) is 37.0 Å². The van der Waals surface area contributed by atoms with Crippen molar-refractivity contribution in [3.63, 3.8) is 0 Å². The van der Waals surface area contributed by atoms with Crippen LogP contribution < -0.4 is 16.0 Å². The molecule has 4 unspecified atom stereocenters. The summed E-state index contributed by atoms with van der Waals surface area (Å²) in [7, 11) is 1.65. The summed E-state index contributed by atoms with van der Waals surface area (Å²) in [4.78, 5) is 48.3. The first-order valence-corrected chi connectivity index (χ1v) is 14.5. The first kappa shape index (κ1) is 31.4. The molecule has 4 N–H and O–H groups in total. The van der Waals surface area contributed by atoms with Gasteiger partial charge in [0.05, 0.1) is 39.8 Å². The van der Waals surface area contributed by atoms with Gasteiger partial charge in [-0.2, -0.15) is 0 Å². The van der Waals surface area contributed by atoms with Gasteiger partial charge in [-0.15, -0.1) is 22.7 Å². The molecule has 0 bridgehead atoms. The number of aromatic nitrogens is 2. The van der Waals surface area contributed by atoms with Crippen molar-refractivity contribution in [2.24, 2.45) is 0 Å². The number of alkyl carbamates (subject to hydrolysis) is 1. The second kappa shape index (κ2) is 15.6. The maximum Gasteiger partial charge on any atom is 0.407 e. The van der Waals surface area contributed by atoms with Gasteiger partial charge in [-0.25, -0.2) is 14.6 Å². The van der Waals surface area contributed by atoms with Gasteiger partial charge in [-0.05, 0) is 26.2 Å². The molecular weight excluding hydrogens is 528 g/mol. The summed E-state index contributed by atoms with van der Waals surface area (Å²) in [5, 5.41) is 22.0. The Bertz CT molecular complexity index is 1020. The van der Waals surface area contributed by atoms with Gasteiger partial charge >= 0.3 is 12.1 Å². The summed E-state index contributed by atoms with van der Waals surface area (Å²) >= 11 is 2.95. The predicted octanol–water partition coefficient (Wildman–Crippen LogP) is 3.60. The van der Waals surface area contributed by atoms with Crippen LogP contribution in [0.25, 0.3) is 0 Å². The van der Waals surface area contributed by atoms with Crippen molar-refractivity contribution in [2.75, 3.05) is 7.05 Å². The third-order valence-corrected chi connectivity index (χ3v) is 7.89. The number of hydrogen-bond acceptors (Lipinski definition) is 9. The van der Waals surface area contributed by atoms with Crippen molar-refractivity contribution in [1.82, 2.24) is 30.8 Å². The molecule has 2 aromatic rings. The van der Waals surface area contributed by atoms with Gasteiger partial charge in [0.2, 0.25) is 5.91 Å². The number of carbonyl (C=O) groups excluding carboxylic acids is 3. The highest BCUT2D eigenvalue weighted by Crippen LogP contribution is 2.20. The molecule has 0 aromatic carbocycles. The van der Waals surface area contributed by atoms with Crippen molar-refractivity contribution in [3.05, 3.63) is 32.7 Å². The van der Waals surface area contributed by atoms with Gasteiger partial charge < -0.3 is 30.7 Å². The highest BCUT2D eigenvalue weighted by Gasteiger charge is 2.26. The molecule has 0 saturated carbocycles. The Morgan fingerprint density at radius 2 is 1.84 bits per heavy atom. The van der Waals surface area contributed by atoms with Crippen LogP contribution in [0.15, 0.2) is 17.1 Å². The van der Waals surface area contributed by atoms with Gasteiger partial charge in [-0.1, -0.05) is 27.7 Å². The average Bonchev–Trinajstić information content (AvgIpc) is 3.57. The summed E-state index contributed by atoms with van der Waals surface area (Å²) in [6.07, 6.45) is 1.39. The topological polar surface area (TPSA) is 146 Å². The Balaban J connectivity index is 1.80. The summed E-state index contributed by atoms with van der Waals surface area (Å²) in [6, 6.07) is -2.04. The number of thiazole rings is 2. The molecule has 0 fully saturated rings. The van der Waals surface area contributed by atoms with Gasteiger partial charge in [0.15, 0.2) is 0 Å². The molecular formula is C25H40N6O5S2. The van der Waals surface area contributed by atoms with E-state index in [0.29, 0.717) is 25.3 Å². The van der Waals surface area contributed by atoms with Crippen LogP contribution in [0.3, 0.4) is 0 Å². The monoisotopic (exact) mass is 568 g/mol. The predicted molar refractivity (Wildman–Crippen MR) is 148 cm³/mol. The molecule has 0 saturated heterocycles. The molecule has 0 aliphatic carbocycles. The summed E-state index contributed by atoms with van der Waals surface area (Å²) < 4.78 is 5.19. The van der Waals surface area contributed by atoms with E-state index in [1.165, 1.54) is 16.2 Å². The highest BCUT2D eigenvalue weighted by atomic mass is 32.1. The van der Waals surface area contributed by atoms with Crippen molar-refractivity contribution in [2.45, 2.75) is 97.2 Å². The number of nitrogens with one attached hydrogen (secondary N) is 3. The third-order valence-electron chi connectivity index (χ3n) is 5.94. The molecule has 4 amide bonds. The normalized spacial score (nSPS) is 14.3.